The molecular weight excluding hydrogens is 355 g/mol. The minimum atomic E-state index is 0.00607. The van der Waals surface area contributed by atoms with Gasteiger partial charge in [-0.15, -0.1) is 0 Å². The molecule has 1 saturated heterocycles. The van der Waals surface area contributed by atoms with Gasteiger partial charge < -0.3 is 10.1 Å². The molecule has 0 atom stereocenters. The van der Waals surface area contributed by atoms with Gasteiger partial charge in [0.25, 0.3) is 0 Å². The summed E-state index contributed by atoms with van der Waals surface area (Å²) < 4.78 is 1.10. The lowest BCUT2D eigenvalue weighted by molar-refractivity contribution is -0.117. The van der Waals surface area contributed by atoms with E-state index in [2.05, 4.69) is 32.8 Å². The zero-order valence-corrected chi connectivity index (χ0v) is 12.8. The number of carbonyl (C=O) groups is 2. The van der Waals surface area contributed by atoms with Crippen LogP contribution in [0.25, 0.3) is 0 Å². The lowest BCUT2D eigenvalue weighted by Gasteiger charge is -2.28. The first-order valence-corrected chi connectivity index (χ1v) is 7.48. The van der Waals surface area contributed by atoms with Crippen LogP contribution in [0, 0.1) is 9.49 Å². The Morgan fingerprint density at radius 1 is 1.42 bits per heavy atom. The third-order valence-electron chi connectivity index (χ3n) is 3.30. The molecule has 4 nitrogen and oxygen atoms in total. The summed E-state index contributed by atoms with van der Waals surface area (Å²) in [7, 11) is 0. The molecule has 0 radical (unpaired) electrons. The van der Waals surface area contributed by atoms with E-state index in [9.17, 15) is 9.59 Å². The van der Waals surface area contributed by atoms with Gasteiger partial charge >= 0.3 is 0 Å². The molecule has 5 heteroatoms. The highest BCUT2D eigenvalue weighted by Gasteiger charge is 2.20. The zero-order chi connectivity index (χ0) is 13.7. The van der Waals surface area contributed by atoms with E-state index in [1.165, 1.54) is 0 Å². The number of anilines is 1. The van der Waals surface area contributed by atoms with Gasteiger partial charge in [-0.3, -0.25) is 9.69 Å². The molecule has 1 amide bonds. The van der Waals surface area contributed by atoms with Crippen molar-refractivity contribution in [1.29, 1.82) is 0 Å². The average Bonchev–Trinajstić information content (AvgIpc) is 2.39. The third-order valence-corrected chi connectivity index (χ3v) is 3.97. The Labute approximate surface area is 126 Å². The fourth-order valence-corrected chi connectivity index (χ4v) is 2.76. The van der Waals surface area contributed by atoms with Crippen LogP contribution in [0.15, 0.2) is 24.3 Å². The van der Waals surface area contributed by atoms with Crippen molar-refractivity contribution in [1.82, 2.24) is 4.90 Å². The molecular formula is C14H17IN2O2. The number of rotatable bonds is 4. The quantitative estimate of drug-likeness (QED) is 0.651. The van der Waals surface area contributed by atoms with E-state index in [1.54, 1.807) is 0 Å². The Bertz CT molecular complexity index is 457. The molecule has 1 aliphatic rings. The lowest BCUT2D eigenvalue weighted by Crippen LogP contribution is -2.39. The molecule has 0 aliphatic carbocycles. The predicted octanol–water partition coefficient (Wildman–Crippen LogP) is 2.14. The second kappa shape index (κ2) is 7.00. The molecule has 0 saturated carbocycles. The summed E-state index contributed by atoms with van der Waals surface area (Å²) >= 11 is 2.22. The smallest absolute Gasteiger partial charge is 0.238 e. The summed E-state index contributed by atoms with van der Waals surface area (Å²) in [6.45, 7) is 2.04. The maximum atomic E-state index is 11.9. The van der Waals surface area contributed by atoms with Gasteiger partial charge in [-0.25, -0.2) is 0 Å². The minimum absolute atomic E-state index is 0.00607. The number of halogens is 1. The number of nitrogens with one attached hydrogen (secondary N) is 1. The number of hydrogen-bond acceptors (Lipinski definition) is 3. The van der Waals surface area contributed by atoms with Crippen LogP contribution < -0.4 is 5.32 Å². The van der Waals surface area contributed by atoms with Crippen molar-refractivity contribution in [3.05, 3.63) is 27.8 Å². The summed E-state index contributed by atoms with van der Waals surface area (Å²) in [6.07, 6.45) is 2.75. The number of hydrogen-bond donors (Lipinski definition) is 1. The van der Waals surface area contributed by atoms with Crippen LogP contribution in [-0.4, -0.2) is 36.7 Å². The lowest BCUT2D eigenvalue weighted by atomic mass is 9.99. The Morgan fingerprint density at radius 2 is 2.16 bits per heavy atom. The molecule has 1 heterocycles. The number of aldehydes is 1. The van der Waals surface area contributed by atoms with Crippen LogP contribution >= 0.6 is 22.6 Å². The maximum Gasteiger partial charge on any atom is 0.238 e. The first-order chi connectivity index (χ1) is 9.17. The van der Waals surface area contributed by atoms with E-state index in [1.807, 2.05) is 24.3 Å². The third kappa shape index (κ3) is 4.58. The predicted molar refractivity (Wildman–Crippen MR) is 83.0 cm³/mol. The molecule has 2 rings (SSSR count). The number of carbonyl (C=O) groups excluding carboxylic acids is 2. The molecule has 0 bridgehead atoms. The van der Waals surface area contributed by atoms with Gasteiger partial charge in [0.15, 0.2) is 0 Å². The van der Waals surface area contributed by atoms with Crippen LogP contribution in [0.2, 0.25) is 0 Å². The van der Waals surface area contributed by atoms with E-state index >= 15 is 0 Å². The van der Waals surface area contributed by atoms with Crippen molar-refractivity contribution in [2.45, 2.75) is 12.8 Å². The van der Waals surface area contributed by atoms with Crippen LogP contribution in [-0.2, 0) is 9.59 Å². The summed E-state index contributed by atoms with van der Waals surface area (Å²) in [5.74, 6) is 0.182. The number of nitrogens with zero attached hydrogens (tertiary/aromatic N) is 1. The Kier molecular flexibility index (Phi) is 5.33. The van der Waals surface area contributed by atoms with E-state index in [4.69, 9.17) is 0 Å². The van der Waals surface area contributed by atoms with Crippen molar-refractivity contribution >= 4 is 40.5 Å². The number of benzene rings is 1. The van der Waals surface area contributed by atoms with Crippen molar-refractivity contribution in [3.63, 3.8) is 0 Å². The van der Waals surface area contributed by atoms with Crippen LogP contribution in [0.1, 0.15) is 12.8 Å². The van der Waals surface area contributed by atoms with E-state index in [-0.39, 0.29) is 11.8 Å². The van der Waals surface area contributed by atoms with Crippen molar-refractivity contribution in [3.8, 4) is 0 Å². The topological polar surface area (TPSA) is 49.4 Å². The Morgan fingerprint density at radius 3 is 2.79 bits per heavy atom. The minimum Gasteiger partial charge on any atom is -0.325 e. The van der Waals surface area contributed by atoms with Gasteiger partial charge in [0.1, 0.15) is 6.29 Å². The molecule has 0 unspecified atom stereocenters. The Balaban J connectivity index is 1.80. The van der Waals surface area contributed by atoms with Crippen molar-refractivity contribution in [2.24, 2.45) is 5.92 Å². The average molecular weight is 372 g/mol. The van der Waals surface area contributed by atoms with Gasteiger partial charge in [0.05, 0.1) is 6.54 Å². The summed E-state index contributed by atoms with van der Waals surface area (Å²) in [4.78, 5) is 24.7. The molecule has 19 heavy (non-hydrogen) atoms. The Hall–Kier alpha value is -0.950. The molecule has 102 valence electrons. The maximum absolute atomic E-state index is 11.9. The van der Waals surface area contributed by atoms with E-state index in [0.717, 1.165) is 41.5 Å². The van der Waals surface area contributed by atoms with Gasteiger partial charge in [0, 0.05) is 15.2 Å². The SMILES string of the molecule is O=CC1CCN(CC(=O)Nc2cccc(I)c2)CC1. The number of piperidine rings is 1. The van der Waals surface area contributed by atoms with E-state index in [0.29, 0.717) is 6.54 Å². The normalized spacial score (nSPS) is 17.1. The molecule has 0 aromatic heterocycles. The highest BCUT2D eigenvalue weighted by molar-refractivity contribution is 14.1. The standard InChI is InChI=1S/C14H17IN2O2/c15-12-2-1-3-13(8-12)16-14(19)9-17-6-4-11(10-18)5-7-17/h1-3,8,10-11H,4-7,9H2,(H,16,19). The first-order valence-electron chi connectivity index (χ1n) is 6.40. The molecule has 0 spiro atoms. The highest BCUT2D eigenvalue weighted by Crippen LogP contribution is 2.15. The summed E-state index contributed by atoms with van der Waals surface area (Å²) in [5, 5.41) is 2.90. The van der Waals surface area contributed by atoms with Gasteiger partial charge in [-0.2, -0.15) is 0 Å². The van der Waals surface area contributed by atoms with Crippen LogP contribution in [0.5, 0.6) is 0 Å². The fourth-order valence-electron chi connectivity index (χ4n) is 2.22. The van der Waals surface area contributed by atoms with Gasteiger partial charge in [-0.1, -0.05) is 6.07 Å². The summed E-state index contributed by atoms with van der Waals surface area (Å²) in [5.41, 5.74) is 0.833. The van der Waals surface area contributed by atoms with Crippen LogP contribution in [0.3, 0.4) is 0 Å². The molecule has 1 aliphatic heterocycles. The van der Waals surface area contributed by atoms with E-state index < -0.39 is 0 Å². The number of likely N-dealkylation sites (tertiary alicyclic amines) is 1. The van der Waals surface area contributed by atoms with Gasteiger partial charge in [0.2, 0.25) is 5.91 Å². The van der Waals surface area contributed by atoms with Crippen molar-refractivity contribution < 1.29 is 9.59 Å². The second-order valence-corrected chi connectivity index (χ2v) is 6.05. The molecule has 1 aromatic carbocycles. The fraction of sp³-hybridized carbons (Fsp3) is 0.429. The zero-order valence-electron chi connectivity index (χ0n) is 10.6. The van der Waals surface area contributed by atoms with Crippen LogP contribution in [0.4, 0.5) is 5.69 Å². The summed E-state index contributed by atoms with van der Waals surface area (Å²) in [6, 6.07) is 7.74. The highest BCUT2D eigenvalue weighted by atomic mass is 127. The number of amides is 1. The molecule has 1 aromatic rings. The largest absolute Gasteiger partial charge is 0.325 e. The first kappa shape index (κ1) is 14.5. The monoisotopic (exact) mass is 372 g/mol. The molecule has 1 fully saturated rings. The van der Waals surface area contributed by atoms with Gasteiger partial charge in [-0.05, 0) is 66.7 Å². The second-order valence-electron chi connectivity index (χ2n) is 4.81. The van der Waals surface area contributed by atoms with Crippen molar-refractivity contribution in [2.75, 3.05) is 25.0 Å². The molecule has 1 N–H and O–H groups in total.